The van der Waals surface area contributed by atoms with Crippen molar-refractivity contribution < 1.29 is 14.0 Å². The number of anilines is 2. The Morgan fingerprint density at radius 1 is 1.29 bits per heavy atom. The van der Waals surface area contributed by atoms with Gasteiger partial charge in [0.1, 0.15) is 5.82 Å². The molecular formula is C14H21FN4O2. The molecule has 0 aliphatic carbocycles. The van der Waals surface area contributed by atoms with Crippen molar-refractivity contribution in [1.29, 1.82) is 0 Å². The van der Waals surface area contributed by atoms with Gasteiger partial charge >= 0.3 is 0 Å². The molecule has 0 aliphatic heterocycles. The van der Waals surface area contributed by atoms with Crippen molar-refractivity contribution in [3.8, 4) is 0 Å². The van der Waals surface area contributed by atoms with E-state index in [1.807, 2.05) is 6.92 Å². The Kier molecular flexibility index (Phi) is 6.61. The summed E-state index contributed by atoms with van der Waals surface area (Å²) in [6, 6.07) is 3.77. The standard InChI is InChI=1S/C14H21FN4O2/c1-3-6-19(8-13(20)17-2)9-14(21)18-12-5-4-10(15)7-11(12)16/h4-5,7H,3,6,8-9,16H2,1-2H3,(H,17,20)(H,18,21). The Morgan fingerprint density at radius 3 is 2.52 bits per heavy atom. The van der Waals surface area contributed by atoms with E-state index in [2.05, 4.69) is 10.6 Å². The fourth-order valence-electron chi connectivity index (χ4n) is 1.85. The van der Waals surface area contributed by atoms with Crippen molar-refractivity contribution in [1.82, 2.24) is 10.2 Å². The minimum Gasteiger partial charge on any atom is -0.397 e. The lowest BCUT2D eigenvalue weighted by atomic mass is 10.2. The number of nitrogens with two attached hydrogens (primary N) is 1. The van der Waals surface area contributed by atoms with Gasteiger partial charge in [-0.3, -0.25) is 14.5 Å². The predicted octanol–water partition coefficient (Wildman–Crippen LogP) is 0.804. The number of nitrogens with zero attached hydrogens (tertiary/aromatic N) is 1. The molecule has 6 nitrogen and oxygen atoms in total. The average molecular weight is 296 g/mol. The molecule has 4 N–H and O–H groups in total. The third-order valence-corrected chi connectivity index (χ3v) is 2.84. The van der Waals surface area contributed by atoms with Gasteiger partial charge in [-0.2, -0.15) is 0 Å². The average Bonchev–Trinajstić information content (AvgIpc) is 2.42. The van der Waals surface area contributed by atoms with Crippen molar-refractivity contribution in [3.63, 3.8) is 0 Å². The lowest BCUT2D eigenvalue weighted by Gasteiger charge is -2.20. The van der Waals surface area contributed by atoms with Gasteiger partial charge in [-0.1, -0.05) is 6.92 Å². The summed E-state index contributed by atoms with van der Waals surface area (Å²) in [6.07, 6.45) is 0.822. The molecule has 0 radical (unpaired) electrons. The van der Waals surface area contributed by atoms with Crippen LogP contribution in [-0.2, 0) is 9.59 Å². The lowest BCUT2D eigenvalue weighted by Crippen LogP contribution is -2.40. The highest BCUT2D eigenvalue weighted by Crippen LogP contribution is 2.18. The lowest BCUT2D eigenvalue weighted by molar-refractivity contribution is -0.123. The van der Waals surface area contributed by atoms with E-state index in [0.717, 1.165) is 12.5 Å². The zero-order valence-corrected chi connectivity index (χ0v) is 12.3. The number of benzene rings is 1. The molecule has 0 aliphatic rings. The number of carbonyl (C=O) groups is 2. The molecule has 2 amide bonds. The molecule has 0 spiro atoms. The van der Waals surface area contributed by atoms with E-state index >= 15 is 0 Å². The van der Waals surface area contributed by atoms with E-state index in [9.17, 15) is 14.0 Å². The van der Waals surface area contributed by atoms with Crippen LogP contribution in [0.25, 0.3) is 0 Å². The summed E-state index contributed by atoms with van der Waals surface area (Å²) >= 11 is 0. The summed E-state index contributed by atoms with van der Waals surface area (Å²) in [5.41, 5.74) is 6.15. The van der Waals surface area contributed by atoms with Crippen LogP contribution in [0, 0.1) is 5.82 Å². The van der Waals surface area contributed by atoms with Crippen LogP contribution in [-0.4, -0.2) is 43.4 Å². The van der Waals surface area contributed by atoms with Crippen molar-refractivity contribution in [2.75, 3.05) is 37.7 Å². The Morgan fingerprint density at radius 2 is 1.95 bits per heavy atom. The molecule has 0 heterocycles. The van der Waals surface area contributed by atoms with Gasteiger partial charge in [-0.05, 0) is 31.2 Å². The van der Waals surface area contributed by atoms with E-state index in [0.29, 0.717) is 12.2 Å². The number of halogens is 1. The topological polar surface area (TPSA) is 87.5 Å². The van der Waals surface area contributed by atoms with Gasteiger partial charge in [-0.25, -0.2) is 4.39 Å². The van der Waals surface area contributed by atoms with Crippen LogP contribution in [0.4, 0.5) is 15.8 Å². The quantitative estimate of drug-likeness (QED) is 0.650. The number of hydrogen-bond acceptors (Lipinski definition) is 4. The Balaban J connectivity index is 2.62. The van der Waals surface area contributed by atoms with E-state index in [-0.39, 0.29) is 30.6 Å². The molecule has 1 rings (SSSR count). The van der Waals surface area contributed by atoms with Crippen molar-refractivity contribution in [2.24, 2.45) is 0 Å². The molecule has 0 saturated heterocycles. The first-order valence-electron chi connectivity index (χ1n) is 6.74. The van der Waals surface area contributed by atoms with Crippen LogP contribution in [0.1, 0.15) is 13.3 Å². The zero-order valence-electron chi connectivity index (χ0n) is 12.3. The molecule has 7 heteroatoms. The van der Waals surface area contributed by atoms with Gasteiger partial charge in [0.15, 0.2) is 0 Å². The first kappa shape index (κ1) is 16.9. The predicted molar refractivity (Wildman–Crippen MR) is 80.2 cm³/mol. The second kappa shape index (κ2) is 8.21. The van der Waals surface area contributed by atoms with Gasteiger partial charge < -0.3 is 16.4 Å². The van der Waals surface area contributed by atoms with Crippen molar-refractivity contribution in [2.45, 2.75) is 13.3 Å². The van der Waals surface area contributed by atoms with Crippen molar-refractivity contribution >= 4 is 23.2 Å². The summed E-state index contributed by atoms with van der Waals surface area (Å²) in [5, 5.41) is 5.13. The van der Waals surface area contributed by atoms with Gasteiger partial charge in [-0.15, -0.1) is 0 Å². The molecule has 21 heavy (non-hydrogen) atoms. The maximum Gasteiger partial charge on any atom is 0.238 e. The monoisotopic (exact) mass is 296 g/mol. The molecule has 0 fully saturated rings. The summed E-state index contributed by atoms with van der Waals surface area (Å²) in [4.78, 5) is 25.1. The van der Waals surface area contributed by atoms with Gasteiger partial charge in [0.05, 0.1) is 24.5 Å². The molecule has 0 bridgehead atoms. The number of nitrogens with one attached hydrogen (secondary N) is 2. The summed E-state index contributed by atoms with van der Waals surface area (Å²) in [5.74, 6) is -0.916. The van der Waals surface area contributed by atoms with Crippen LogP contribution in [0.5, 0.6) is 0 Å². The third kappa shape index (κ3) is 5.78. The van der Waals surface area contributed by atoms with Gasteiger partial charge in [0.2, 0.25) is 11.8 Å². The molecule has 0 unspecified atom stereocenters. The van der Waals surface area contributed by atoms with Crippen LogP contribution >= 0.6 is 0 Å². The second-order valence-electron chi connectivity index (χ2n) is 4.66. The Hall–Kier alpha value is -2.15. The van der Waals surface area contributed by atoms with Gasteiger partial charge in [0, 0.05) is 7.05 Å². The molecular weight excluding hydrogens is 275 g/mol. The van der Waals surface area contributed by atoms with E-state index in [1.165, 1.54) is 12.1 Å². The molecule has 0 aromatic heterocycles. The Labute approximate surface area is 123 Å². The fraction of sp³-hybridized carbons (Fsp3) is 0.429. The molecule has 1 aromatic carbocycles. The molecule has 1 aromatic rings. The van der Waals surface area contributed by atoms with Crippen LogP contribution < -0.4 is 16.4 Å². The number of likely N-dealkylation sites (N-methyl/N-ethyl adjacent to an activating group) is 1. The number of rotatable bonds is 7. The summed E-state index contributed by atoms with van der Waals surface area (Å²) in [7, 11) is 1.55. The second-order valence-corrected chi connectivity index (χ2v) is 4.66. The molecule has 116 valence electrons. The number of hydrogen-bond donors (Lipinski definition) is 3. The maximum absolute atomic E-state index is 12.9. The largest absolute Gasteiger partial charge is 0.397 e. The summed E-state index contributed by atoms with van der Waals surface area (Å²) in [6.45, 7) is 2.81. The zero-order chi connectivity index (χ0) is 15.8. The van der Waals surface area contributed by atoms with E-state index in [4.69, 9.17) is 5.73 Å². The minimum atomic E-state index is -0.460. The normalized spacial score (nSPS) is 10.5. The third-order valence-electron chi connectivity index (χ3n) is 2.84. The first-order chi connectivity index (χ1) is 9.96. The van der Waals surface area contributed by atoms with E-state index < -0.39 is 5.82 Å². The van der Waals surface area contributed by atoms with E-state index in [1.54, 1.807) is 11.9 Å². The summed E-state index contributed by atoms with van der Waals surface area (Å²) < 4.78 is 12.9. The number of carbonyl (C=O) groups excluding carboxylic acids is 2. The fourth-order valence-corrected chi connectivity index (χ4v) is 1.85. The number of amides is 2. The highest BCUT2D eigenvalue weighted by Gasteiger charge is 2.14. The number of nitrogen functional groups attached to an aromatic ring is 1. The Bertz CT molecular complexity index is 508. The maximum atomic E-state index is 12.9. The smallest absolute Gasteiger partial charge is 0.238 e. The van der Waals surface area contributed by atoms with Crippen LogP contribution in [0.2, 0.25) is 0 Å². The highest BCUT2D eigenvalue weighted by atomic mass is 19.1. The minimum absolute atomic E-state index is 0.0675. The molecule has 0 saturated carbocycles. The first-order valence-corrected chi connectivity index (χ1v) is 6.74. The molecule has 0 atom stereocenters. The van der Waals surface area contributed by atoms with Crippen molar-refractivity contribution in [3.05, 3.63) is 24.0 Å². The van der Waals surface area contributed by atoms with Crippen LogP contribution in [0.15, 0.2) is 18.2 Å². The highest BCUT2D eigenvalue weighted by molar-refractivity contribution is 5.95. The van der Waals surface area contributed by atoms with Gasteiger partial charge in [0.25, 0.3) is 0 Å². The van der Waals surface area contributed by atoms with Crippen LogP contribution in [0.3, 0.4) is 0 Å². The SMILES string of the molecule is CCCN(CC(=O)NC)CC(=O)Nc1ccc(F)cc1N.